The van der Waals surface area contributed by atoms with E-state index >= 15 is 0 Å². The van der Waals surface area contributed by atoms with Gasteiger partial charge in [-0.15, -0.1) is 0 Å². The fourth-order valence-electron chi connectivity index (χ4n) is 3.33. The first kappa shape index (κ1) is 27.7. The summed E-state index contributed by atoms with van der Waals surface area (Å²) >= 11 is 0. The second-order valence-electron chi connectivity index (χ2n) is 8.70. The van der Waals surface area contributed by atoms with Crippen LogP contribution in [-0.2, 0) is 10.0 Å². The number of hydrogen-bond donors (Lipinski definition) is 2. The Kier molecular flexibility index (Phi) is 8.28. The van der Waals surface area contributed by atoms with Crippen molar-refractivity contribution < 1.29 is 27.3 Å². The minimum absolute atomic E-state index is 0.0112. The van der Waals surface area contributed by atoms with E-state index in [1.807, 2.05) is 0 Å². The van der Waals surface area contributed by atoms with Gasteiger partial charge < -0.3 is 10.1 Å². The molecular weight excluding hydrogens is 505 g/mol. The predicted octanol–water partition coefficient (Wildman–Crippen LogP) is 4.94. The summed E-state index contributed by atoms with van der Waals surface area (Å²) < 4.78 is 49.3. The van der Waals surface area contributed by atoms with Crippen molar-refractivity contribution in [3.05, 3.63) is 69.7 Å². The number of benzene rings is 2. The summed E-state index contributed by atoms with van der Waals surface area (Å²) in [5.41, 5.74) is 0.250. The number of nitrogens with zero attached hydrogens (tertiary/aromatic N) is 3. The average Bonchev–Trinajstić information content (AvgIpc) is 3.16. The monoisotopic (exact) mass is 533 g/mol. The first-order valence-electron chi connectivity index (χ1n) is 11.5. The van der Waals surface area contributed by atoms with Gasteiger partial charge in [0.25, 0.3) is 11.6 Å². The Bertz CT molecular complexity index is 1420. The van der Waals surface area contributed by atoms with Gasteiger partial charge in [0.1, 0.15) is 16.5 Å². The van der Waals surface area contributed by atoms with Gasteiger partial charge in [0.2, 0.25) is 15.9 Å². The molecule has 0 spiro atoms. The number of sulfonamides is 1. The Morgan fingerprint density at radius 3 is 2.41 bits per heavy atom. The summed E-state index contributed by atoms with van der Waals surface area (Å²) in [6.07, 6.45) is 0.496. The summed E-state index contributed by atoms with van der Waals surface area (Å²) in [4.78, 5) is 23.2. The van der Waals surface area contributed by atoms with Crippen LogP contribution < -0.4 is 14.8 Å². The zero-order chi connectivity index (χ0) is 27.5. The first-order chi connectivity index (χ1) is 17.3. The zero-order valence-corrected chi connectivity index (χ0v) is 21.8. The molecule has 198 valence electrons. The van der Waals surface area contributed by atoms with Crippen molar-refractivity contribution in [1.82, 2.24) is 14.5 Å². The Balaban J connectivity index is 2.06. The van der Waals surface area contributed by atoms with Crippen LogP contribution in [0.4, 0.5) is 15.8 Å². The van der Waals surface area contributed by atoms with Gasteiger partial charge in [-0.05, 0) is 64.4 Å². The molecule has 2 N–H and O–H groups in total. The molecule has 11 nitrogen and oxygen atoms in total. The molecule has 1 aromatic heterocycles. The molecule has 0 aliphatic carbocycles. The van der Waals surface area contributed by atoms with Gasteiger partial charge in [-0.25, -0.2) is 22.2 Å². The Labute approximate surface area is 213 Å². The third kappa shape index (κ3) is 6.30. The lowest BCUT2D eigenvalue weighted by atomic mass is 10.2. The molecular formula is C24H28FN5O6S. The quantitative estimate of drug-likeness (QED) is 0.277. The fraction of sp³-hybridized carbons (Fsp3) is 0.333. The van der Waals surface area contributed by atoms with E-state index in [-0.39, 0.29) is 23.4 Å². The summed E-state index contributed by atoms with van der Waals surface area (Å²) in [6, 6.07) is 7.73. The Hall–Kier alpha value is -3.84. The van der Waals surface area contributed by atoms with Crippen LogP contribution >= 0.6 is 0 Å². The largest absolute Gasteiger partial charge is 0.438 e. The van der Waals surface area contributed by atoms with Gasteiger partial charge in [0, 0.05) is 29.4 Å². The Morgan fingerprint density at radius 2 is 1.84 bits per heavy atom. The van der Waals surface area contributed by atoms with Gasteiger partial charge in [-0.2, -0.15) is 5.10 Å². The predicted molar refractivity (Wildman–Crippen MR) is 135 cm³/mol. The fourth-order valence-corrected chi connectivity index (χ4v) is 4.81. The third-order valence-electron chi connectivity index (χ3n) is 5.50. The van der Waals surface area contributed by atoms with Crippen LogP contribution in [0.25, 0.3) is 0 Å². The number of rotatable bonds is 10. The highest BCUT2D eigenvalue weighted by molar-refractivity contribution is 7.89. The van der Waals surface area contributed by atoms with E-state index in [2.05, 4.69) is 15.1 Å². The van der Waals surface area contributed by atoms with E-state index in [0.29, 0.717) is 17.7 Å². The molecule has 37 heavy (non-hydrogen) atoms. The van der Waals surface area contributed by atoms with Crippen molar-refractivity contribution >= 4 is 27.3 Å². The molecule has 0 bridgehead atoms. The number of halogens is 1. The van der Waals surface area contributed by atoms with E-state index in [0.717, 1.165) is 12.1 Å². The maximum absolute atomic E-state index is 13.2. The van der Waals surface area contributed by atoms with Crippen molar-refractivity contribution in [2.75, 3.05) is 5.32 Å². The molecule has 1 amide bonds. The standard InChI is InChI=1S/C24H28FN5O6S/c1-6-15(4)28-37(34,35)21-13-19(30(32)33)11-12-20(21)36-24-16(5)22(27-29(24)14(2)3)23(31)26-18-9-7-17(25)8-10-18/h7-15,28H,6H2,1-5H3,(H,26,31). The van der Waals surface area contributed by atoms with E-state index in [9.17, 15) is 27.7 Å². The number of nitrogens with one attached hydrogen (secondary N) is 2. The molecule has 0 fully saturated rings. The number of amides is 1. The summed E-state index contributed by atoms with van der Waals surface area (Å²) in [6.45, 7) is 8.62. The number of anilines is 1. The second kappa shape index (κ2) is 11.0. The van der Waals surface area contributed by atoms with Crippen LogP contribution in [-0.4, -0.2) is 35.1 Å². The van der Waals surface area contributed by atoms with Crippen molar-refractivity contribution in [2.24, 2.45) is 0 Å². The number of ether oxygens (including phenoxy) is 1. The number of non-ortho nitro benzene ring substituents is 1. The van der Waals surface area contributed by atoms with E-state index in [4.69, 9.17) is 4.74 Å². The van der Waals surface area contributed by atoms with Crippen molar-refractivity contribution in [3.8, 4) is 11.6 Å². The normalized spacial score (nSPS) is 12.4. The van der Waals surface area contributed by atoms with Gasteiger partial charge in [-0.1, -0.05) is 6.92 Å². The highest BCUT2D eigenvalue weighted by Crippen LogP contribution is 2.36. The summed E-state index contributed by atoms with van der Waals surface area (Å²) in [5, 5.41) is 18.3. The number of aromatic nitrogens is 2. The maximum Gasteiger partial charge on any atom is 0.276 e. The maximum atomic E-state index is 13.2. The zero-order valence-electron chi connectivity index (χ0n) is 21.0. The highest BCUT2D eigenvalue weighted by Gasteiger charge is 2.28. The average molecular weight is 534 g/mol. The van der Waals surface area contributed by atoms with Gasteiger partial charge >= 0.3 is 0 Å². The molecule has 2 aromatic carbocycles. The van der Waals surface area contributed by atoms with Crippen molar-refractivity contribution in [1.29, 1.82) is 0 Å². The van der Waals surface area contributed by atoms with Crippen LogP contribution in [0.15, 0.2) is 47.4 Å². The minimum atomic E-state index is -4.20. The molecule has 0 radical (unpaired) electrons. The molecule has 13 heteroatoms. The van der Waals surface area contributed by atoms with Crippen molar-refractivity contribution in [2.45, 2.75) is 58.0 Å². The molecule has 3 aromatic rings. The van der Waals surface area contributed by atoms with Gasteiger partial charge in [-0.3, -0.25) is 14.9 Å². The van der Waals surface area contributed by atoms with E-state index in [1.54, 1.807) is 34.6 Å². The van der Waals surface area contributed by atoms with Crippen LogP contribution in [0.1, 0.15) is 56.2 Å². The van der Waals surface area contributed by atoms with Crippen LogP contribution in [0, 0.1) is 22.9 Å². The van der Waals surface area contributed by atoms with Crippen molar-refractivity contribution in [3.63, 3.8) is 0 Å². The molecule has 0 saturated heterocycles. The van der Waals surface area contributed by atoms with Crippen LogP contribution in [0.3, 0.4) is 0 Å². The molecule has 0 aliphatic rings. The lowest BCUT2D eigenvalue weighted by Crippen LogP contribution is -2.32. The van der Waals surface area contributed by atoms with Gasteiger partial charge in [0.05, 0.1) is 11.0 Å². The van der Waals surface area contributed by atoms with Crippen LogP contribution in [0.2, 0.25) is 0 Å². The molecule has 3 rings (SSSR count). The number of hydrogen-bond acceptors (Lipinski definition) is 7. The van der Waals surface area contributed by atoms with Crippen LogP contribution in [0.5, 0.6) is 11.6 Å². The smallest absolute Gasteiger partial charge is 0.276 e. The van der Waals surface area contributed by atoms with E-state index in [1.165, 1.54) is 35.0 Å². The second-order valence-corrected chi connectivity index (χ2v) is 10.4. The number of nitro groups is 1. The lowest BCUT2D eigenvalue weighted by molar-refractivity contribution is -0.385. The number of carbonyl (C=O) groups is 1. The SMILES string of the molecule is CCC(C)NS(=O)(=O)c1cc([N+](=O)[O-])ccc1Oc1c(C)c(C(=O)Nc2ccc(F)cc2)nn1C(C)C. The first-order valence-corrected chi connectivity index (χ1v) is 13.0. The van der Waals surface area contributed by atoms with Gasteiger partial charge in [0.15, 0.2) is 5.69 Å². The molecule has 0 aliphatic heterocycles. The Morgan fingerprint density at radius 1 is 1.19 bits per heavy atom. The molecule has 1 atom stereocenters. The third-order valence-corrected chi connectivity index (χ3v) is 7.11. The number of carbonyl (C=O) groups excluding carboxylic acids is 1. The molecule has 1 heterocycles. The molecule has 1 unspecified atom stereocenters. The summed E-state index contributed by atoms with van der Waals surface area (Å²) in [5.74, 6) is -1.11. The molecule has 0 saturated carbocycles. The summed E-state index contributed by atoms with van der Waals surface area (Å²) in [7, 11) is -4.20. The topological polar surface area (TPSA) is 145 Å². The highest BCUT2D eigenvalue weighted by atomic mass is 32.2. The lowest BCUT2D eigenvalue weighted by Gasteiger charge is -2.17. The minimum Gasteiger partial charge on any atom is -0.438 e. The van der Waals surface area contributed by atoms with E-state index < -0.39 is 43.3 Å². The number of nitro benzene ring substituents is 1.